The average molecular weight is 238 g/mol. The fourth-order valence-corrected chi connectivity index (χ4v) is 2.05. The summed E-state index contributed by atoms with van der Waals surface area (Å²) in [6, 6.07) is 0. The summed E-state index contributed by atoms with van der Waals surface area (Å²) in [7, 11) is 0. The van der Waals surface area contributed by atoms with Gasteiger partial charge in [0.1, 0.15) is 6.33 Å². The van der Waals surface area contributed by atoms with Crippen LogP contribution in [-0.2, 0) is 16.1 Å². The summed E-state index contributed by atoms with van der Waals surface area (Å²) in [6.07, 6.45) is 3.38. The lowest BCUT2D eigenvalue weighted by Gasteiger charge is -2.27. The van der Waals surface area contributed by atoms with Gasteiger partial charge in [0, 0.05) is 13.2 Å². The molecule has 0 spiro atoms. The second-order valence-electron chi connectivity index (χ2n) is 4.25. The first-order valence-electron chi connectivity index (χ1n) is 6.02. The minimum Gasteiger partial charge on any atom is -0.378 e. The van der Waals surface area contributed by atoms with Crippen LogP contribution in [0, 0.1) is 5.92 Å². The molecule has 0 aliphatic carbocycles. The molecular formula is C11H18N4O2. The van der Waals surface area contributed by atoms with E-state index in [9.17, 15) is 4.79 Å². The Hall–Kier alpha value is -1.43. The summed E-state index contributed by atoms with van der Waals surface area (Å²) in [4.78, 5) is 12.1. The number of carbonyl (C=O) groups excluding carboxylic acids is 1. The molecule has 6 nitrogen and oxygen atoms in total. The van der Waals surface area contributed by atoms with Crippen molar-refractivity contribution in [3.05, 3.63) is 6.33 Å². The molecule has 1 saturated heterocycles. The highest BCUT2D eigenvalue weighted by Crippen LogP contribution is 2.21. The van der Waals surface area contributed by atoms with E-state index in [2.05, 4.69) is 15.5 Å². The third-order valence-electron chi connectivity index (χ3n) is 3.13. The maximum Gasteiger partial charge on any atom is 0.232 e. The fraction of sp³-hybridized carbons (Fsp3) is 0.727. The highest BCUT2D eigenvalue weighted by atomic mass is 16.5. The van der Waals surface area contributed by atoms with Gasteiger partial charge in [-0.15, -0.1) is 10.2 Å². The van der Waals surface area contributed by atoms with Crippen molar-refractivity contribution in [1.29, 1.82) is 0 Å². The van der Waals surface area contributed by atoms with Crippen molar-refractivity contribution in [2.24, 2.45) is 5.92 Å². The van der Waals surface area contributed by atoms with Crippen LogP contribution in [0.15, 0.2) is 6.33 Å². The number of carbonyl (C=O) groups is 1. The van der Waals surface area contributed by atoms with Crippen LogP contribution in [0.1, 0.15) is 26.7 Å². The third-order valence-corrected chi connectivity index (χ3v) is 3.13. The topological polar surface area (TPSA) is 69.0 Å². The summed E-state index contributed by atoms with van der Waals surface area (Å²) in [5.74, 6) is 0.390. The molecule has 1 amide bonds. The molecule has 2 unspecified atom stereocenters. The van der Waals surface area contributed by atoms with Crippen LogP contribution in [-0.4, -0.2) is 33.4 Å². The number of nitrogens with zero attached hydrogens (tertiary/aromatic N) is 3. The first kappa shape index (κ1) is 12.0. The predicted octanol–water partition coefficient (Wildman–Crippen LogP) is 1.05. The van der Waals surface area contributed by atoms with Crippen molar-refractivity contribution in [3.63, 3.8) is 0 Å². The van der Waals surface area contributed by atoms with Crippen LogP contribution in [0.4, 0.5) is 5.95 Å². The Bertz CT molecular complexity index is 391. The van der Waals surface area contributed by atoms with Crippen molar-refractivity contribution < 1.29 is 9.53 Å². The van der Waals surface area contributed by atoms with E-state index in [1.165, 1.54) is 0 Å². The van der Waals surface area contributed by atoms with Crippen LogP contribution in [0.25, 0.3) is 0 Å². The van der Waals surface area contributed by atoms with Gasteiger partial charge in [-0.2, -0.15) is 0 Å². The van der Waals surface area contributed by atoms with E-state index in [0.717, 1.165) is 26.0 Å². The Balaban J connectivity index is 2.01. The predicted molar refractivity (Wildman–Crippen MR) is 62.5 cm³/mol. The Labute approximate surface area is 100 Å². The third kappa shape index (κ3) is 2.63. The molecule has 17 heavy (non-hydrogen) atoms. The second kappa shape index (κ2) is 5.27. The van der Waals surface area contributed by atoms with Gasteiger partial charge in [-0.25, -0.2) is 0 Å². The van der Waals surface area contributed by atoms with E-state index < -0.39 is 0 Å². The zero-order chi connectivity index (χ0) is 12.3. The normalized spacial score (nSPS) is 24.6. The molecule has 1 aromatic heterocycles. The Kier molecular flexibility index (Phi) is 3.73. The summed E-state index contributed by atoms with van der Waals surface area (Å²) in [5, 5.41) is 10.5. The lowest BCUT2D eigenvalue weighted by atomic mass is 9.94. The van der Waals surface area contributed by atoms with Crippen molar-refractivity contribution in [2.75, 3.05) is 11.9 Å². The van der Waals surface area contributed by atoms with Gasteiger partial charge >= 0.3 is 0 Å². The largest absolute Gasteiger partial charge is 0.378 e. The van der Waals surface area contributed by atoms with Crippen LogP contribution in [0.3, 0.4) is 0 Å². The molecule has 0 radical (unpaired) electrons. The zero-order valence-corrected chi connectivity index (χ0v) is 10.2. The summed E-state index contributed by atoms with van der Waals surface area (Å²) in [5.41, 5.74) is 0. The van der Waals surface area contributed by atoms with Gasteiger partial charge in [0.2, 0.25) is 11.9 Å². The second-order valence-corrected chi connectivity index (χ2v) is 4.25. The van der Waals surface area contributed by atoms with Crippen molar-refractivity contribution >= 4 is 11.9 Å². The number of anilines is 1. The van der Waals surface area contributed by atoms with Crippen LogP contribution >= 0.6 is 0 Å². The maximum atomic E-state index is 12.1. The van der Waals surface area contributed by atoms with Crippen LogP contribution in [0.5, 0.6) is 0 Å². The van der Waals surface area contributed by atoms with E-state index in [1.807, 2.05) is 13.8 Å². The molecule has 1 fully saturated rings. The van der Waals surface area contributed by atoms with Gasteiger partial charge in [-0.05, 0) is 26.7 Å². The SMILES string of the molecule is CCn1cnnc1NC(=O)C1CCCOC1C. The Morgan fingerprint density at radius 3 is 3.24 bits per heavy atom. The Morgan fingerprint density at radius 1 is 1.71 bits per heavy atom. The van der Waals surface area contributed by atoms with Crippen molar-refractivity contribution in [2.45, 2.75) is 39.3 Å². The van der Waals surface area contributed by atoms with Crippen molar-refractivity contribution in [3.8, 4) is 0 Å². The quantitative estimate of drug-likeness (QED) is 0.854. The molecule has 94 valence electrons. The first-order chi connectivity index (χ1) is 8.22. The molecule has 2 atom stereocenters. The van der Waals surface area contributed by atoms with Crippen molar-refractivity contribution in [1.82, 2.24) is 14.8 Å². The number of hydrogen-bond donors (Lipinski definition) is 1. The van der Waals surface area contributed by atoms with Gasteiger partial charge in [0.05, 0.1) is 12.0 Å². The first-order valence-corrected chi connectivity index (χ1v) is 6.02. The average Bonchev–Trinajstić information content (AvgIpc) is 2.76. The lowest BCUT2D eigenvalue weighted by Crippen LogP contribution is -2.36. The van der Waals surface area contributed by atoms with E-state index in [4.69, 9.17) is 4.74 Å². The summed E-state index contributed by atoms with van der Waals surface area (Å²) in [6.45, 7) is 5.40. The number of aryl methyl sites for hydroxylation is 1. The highest BCUT2D eigenvalue weighted by molar-refractivity contribution is 5.91. The number of ether oxygens (including phenoxy) is 1. The molecule has 0 bridgehead atoms. The molecule has 0 saturated carbocycles. The lowest BCUT2D eigenvalue weighted by molar-refractivity contribution is -0.127. The minimum absolute atomic E-state index is 0.0262. The van der Waals surface area contributed by atoms with Gasteiger partial charge in [-0.1, -0.05) is 0 Å². The van der Waals surface area contributed by atoms with Gasteiger partial charge in [0.25, 0.3) is 0 Å². The minimum atomic E-state index is -0.0919. The van der Waals surface area contributed by atoms with Gasteiger partial charge in [0.15, 0.2) is 0 Å². The number of nitrogens with one attached hydrogen (secondary N) is 1. The number of amides is 1. The molecular weight excluding hydrogens is 220 g/mol. The highest BCUT2D eigenvalue weighted by Gasteiger charge is 2.29. The molecule has 1 aromatic rings. The van der Waals surface area contributed by atoms with Gasteiger partial charge < -0.3 is 9.30 Å². The molecule has 1 N–H and O–H groups in total. The van der Waals surface area contributed by atoms with Crippen LogP contribution < -0.4 is 5.32 Å². The Morgan fingerprint density at radius 2 is 2.53 bits per heavy atom. The van der Waals surface area contributed by atoms with E-state index in [-0.39, 0.29) is 17.9 Å². The molecule has 0 aromatic carbocycles. The summed E-state index contributed by atoms with van der Waals surface area (Å²) >= 11 is 0. The van der Waals surface area contributed by atoms with Gasteiger partial charge in [-0.3, -0.25) is 10.1 Å². The summed E-state index contributed by atoms with van der Waals surface area (Å²) < 4.78 is 7.28. The molecule has 1 aliphatic rings. The standard InChI is InChI=1S/C11H18N4O2/c1-3-15-7-12-14-11(15)13-10(16)9-5-4-6-17-8(9)2/h7-9H,3-6H2,1-2H3,(H,13,14,16). The molecule has 1 aliphatic heterocycles. The number of aromatic nitrogens is 3. The smallest absolute Gasteiger partial charge is 0.232 e. The maximum absolute atomic E-state index is 12.1. The zero-order valence-electron chi connectivity index (χ0n) is 10.2. The fourth-order valence-electron chi connectivity index (χ4n) is 2.05. The molecule has 2 rings (SSSR count). The number of hydrogen-bond acceptors (Lipinski definition) is 4. The number of rotatable bonds is 3. The monoisotopic (exact) mass is 238 g/mol. The van der Waals surface area contributed by atoms with Crippen LogP contribution in [0.2, 0.25) is 0 Å². The molecule has 6 heteroatoms. The molecule has 2 heterocycles. The van der Waals surface area contributed by atoms with E-state index >= 15 is 0 Å². The van der Waals surface area contributed by atoms with E-state index in [1.54, 1.807) is 10.9 Å². The van der Waals surface area contributed by atoms with E-state index in [0.29, 0.717) is 5.95 Å².